The molecule has 0 radical (unpaired) electrons. The fourth-order valence-corrected chi connectivity index (χ4v) is 4.48. The van der Waals surface area contributed by atoms with Crippen LogP contribution in [0.3, 0.4) is 0 Å². The maximum absolute atomic E-state index is 13.0. The zero-order valence-electron chi connectivity index (χ0n) is 15.5. The van der Waals surface area contributed by atoms with E-state index in [0.29, 0.717) is 25.3 Å². The number of rotatable bonds is 5. The molecule has 2 fully saturated rings. The van der Waals surface area contributed by atoms with Crippen molar-refractivity contribution in [3.63, 3.8) is 0 Å². The summed E-state index contributed by atoms with van der Waals surface area (Å²) in [7, 11) is 0. The summed E-state index contributed by atoms with van der Waals surface area (Å²) in [6.45, 7) is 0.965. The summed E-state index contributed by atoms with van der Waals surface area (Å²) in [6.07, 6.45) is 2.30. The average Bonchev–Trinajstić information content (AvgIpc) is 3.26. The first-order valence-corrected chi connectivity index (χ1v) is 9.52. The maximum atomic E-state index is 13.0. The molecule has 2 N–H and O–H groups in total. The molecule has 1 aliphatic heterocycles. The Kier molecular flexibility index (Phi) is 4.71. The Bertz CT molecular complexity index is 897. The number of aromatic hydroxyl groups is 1. The van der Waals surface area contributed by atoms with E-state index in [0.717, 1.165) is 18.4 Å². The van der Waals surface area contributed by atoms with Gasteiger partial charge in [-0.1, -0.05) is 36.8 Å². The Morgan fingerprint density at radius 3 is 2.68 bits per heavy atom. The number of hydrogen-bond acceptors (Lipinski definition) is 4. The monoisotopic (exact) mass is 381 g/mol. The lowest BCUT2D eigenvalue weighted by Gasteiger charge is -2.23. The third-order valence-corrected chi connectivity index (χ3v) is 6.03. The number of carbonyl (C=O) groups is 2. The molecule has 6 heteroatoms. The van der Waals surface area contributed by atoms with Crippen molar-refractivity contribution in [1.29, 1.82) is 0 Å². The lowest BCUT2D eigenvalue weighted by Crippen LogP contribution is -2.37. The van der Waals surface area contributed by atoms with Crippen molar-refractivity contribution in [2.45, 2.75) is 25.9 Å². The quantitative estimate of drug-likeness (QED) is 0.830. The molecule has 4 rings (SSSR count). The Hall–Kier alpha value is -3.02. The number of carboxylic acids is 1. The largest absolute Gasteiger partial charge is 0.507 e. The van der Waals surface area contributed by atoms with Crippen LogP contribution in [0, 0.1) is 11.3 Å². The number of ether oxygens (including phenoxy) is 1. The van der Waals surface area contributed by atoms with Gasteiger partial charge in [0.1, 0.15) is 18.1 Å². The zero-order chi connectivity index (χ0) is 19.7. The van der Waals surface area contributed by atoms with E-state index in [1.165, 1.54) is 12.1 Å². The summed E-state index contributed by atoms with van der Waals surface area (Å²) in [6, 6.07) is 14.3. The van der Waals surface area contributed by atoms with Gasteiger partial charge in [0.05, 0.1) is 11.0 Å². The molecular weight excluding hydrogens is 358 g/mol. The lowest BCUT2D eigenvalue weighted by molar-refractivity contribution is -0.149. The molecule has 0 bridgehead atoms. The number of aliphatic carboxylic acids is 1. The first kappa shape index (κ1) is 18.3. The van der Waals surface area contributed by atoms with E-state index in [-0.39, 0.29) is 29.7 Å². The summed E-state index contributed by atoms with van der Waals surface area (Å²) in [4.78, 5) is 26.4. The second-order valence-corrected chi connectivity index (χ2v) is 7.69. The molecule has 2 atom stereocenters. The number of carbonyl (C=O) groups excluding carboxylic acids is 1. The molecule has 1 aliphatic carbocycles. The molecule has 1 heterocycles. The van der Waals surface area contributed by atoms with Crippen LogP contribution in [0.4, 0.5) is 0 Å². The Balaban J connectivity index is 1.51. The summed E-state index contributed by atoms with van der Waals surface area (Å²) >= 11 is 0. The van der Waals surface area contributed by atoms with E-state index in [1.54, 1.807) is 11.0 Å². The molecule has 1 saturated carbocycles. The number of fused-ring (bicyclic) bond motifs is 1. The number of amides is 1. The highest BCUT2D eigenvalue weighted by atomic mass is 16.5. The van der Waals surface area contributed by atoms with Crippen molar-refractivity contribution in [3.05, 3.63) is 59.7 Å². The SMILES string of the molecule is O=C(c1cc(OCc2ccccc2)ccc1O)N1C[C@@H]2CCC[C@@]2(C(=O)O)C1. The summed E-state index contributed by atoms with van der Waals surface area (Å²) in [5.41, 5.74) is 0.303. The van der Waals surface area contributed by atoms with E-state index in [4.69, 9.17) is 4.74 Å². The normalized spacial score (nSPS) is 23.4. The number of carboxylic acid groups (broad SMARTS) is 1. The van der Waals surface area contributed by atoms with Gasteiger partial charge in [-0.2, -0.15) is 0 Å². The molecule has 2 aromatic carbocycles. The van der Waals surface area contributed by atoms with Crippen LogP contribution in [0.25, 0.3) is 0 Å². The first-order valence-electron chi connectivity index (χ1n) is 9.52. The predicted molar refractivity (Wildman–Crippen MR) is 102 cm³/mol. The minimum atomic E-state index is -0.841. The second kappa shape index (κ2) is 7.19. The number of benzene rings is 2. The maximum Gasteiger partial charge on any atom is 0.311 e. The molecule has 28 heavy (non-hydrogen) atoms. The smallest absolute Gasteiger partial charge is 0.311 e. The number of phenolic OH excluding ortho intramolecular Hbond substituents is 1. The lowest BCUT2D eigenvalue weighted by atomic mass is 9.81. The van der Waals surface area contributed by atoms with Crippen molar-refractivity contribution in [3.8, 4) is 11.5 Å². The van der Waals surface area contributed by atoms with Crippen molar-refractivity contribution in [2.24, 2.45) is 11.3 Å². The second-order valence-electron chi connectivity index (χ2n) is 7.69. The molecule has 1 amide bonds. The van der Waals surface area contributed by atoms with Crippen LogP contribution in [0.1, 0.15) is 35.2 Å². The van der Waals surface area contributed by atoms with E-state index in [9.17, 15) is 19.8 Å². The number of nitrogens with zero attached hydrogens (tertiary/aromatic N) is 1. The minimum absolute atomic E-state index is 0.0198. The number of phenols is 1. The molecule has 0 unspecified atom stereocenters. The van der Waals surface area contributed by atoms with Gasteiger partial charge >= 0.3 is 5.97 Å². The van der Waals surface area contributed by atoms with Gasteiger partial charge in [-0.15, -0.1) is 0 Å². The highest BCUT2D eigenvalue weighted by Crippen LogP contribution is 2.49. The van der Waals surface area contributed by atoms with Gasteiger partial charge in [0.15, 0.2) is 0 Å². The molecule has 146 valence electrons. The molecule has 2 aliphatic rings. The topological polar surface area (TPSA) is 87.1 Å². The number of hydrogen-bond donors (Lipinski definition) is 2. The molecular formula is C22H23NO5. The number of likely N-dealkylation sites (tertiary alicyclic amines) is 1. The van der Waals surface area contributed by atoms with Crippen LogP contribution in [-0.2, 0) is 11.4 Å². The van der Waals surface area contributed by atoms with Crippen LogP contribution in [0.5, 0.6) is 11.5 Å². The van der Waals surface area contributed by atoms with Gasteiger partial charge in [0.2, 0.25) is 0 Å². The molecule has 0 spiro atoms. The summed E-state index contributed by atoms with van der Waals surface area (Å²) in [5.74, 6) is -0.836. The predicted octanol–water partition coefficient (Wildman–Crippen LogP) is 3.30. The summed E-state index contributed by atoms with van der Waals surface area (Å²) in [5, 5.41) is 19.9. The first-order chi connectivity index (χ1) is 13.5. The molecule has 2 aromatic rings. The van der Waals surface area contributed by atoms with Crippen molar-refractivity contribution in [2.75, 3.05) is 13.1 Å². The van der Waals surface area contributed by atoms with E-state index >= 15 is 0 Å². The fourth-order valence-electron chi connectivity index (χ4n) is 4.48. The van der Waals surface area contributed by atoms with Crippen LogP contribution in [0.2, 0.25) is 0 Å². The zero-order valence-corrected chi connectivity index (χ0v) is 15.5. The van der Waals surface area contributed by atoms with Crippen LogP contribution >= 0.6 is 0 Å². The van der Waals surface area contributed by atoms with Crippen molar-refractivity contribution < 1.29 is 24.5 Å². The van der Waals surface area contributed by atoms with Crippen LogP contribution in [-0.4, -0.2) is 40.1 Å². The Morgan fingerprint density at radius 2 is 1.96 bits per heavy atom. The molecule has 6 nitrogen and oxygen atoms in total. The van der Waals surface area contributed by atoms with Gasteiger partial charge in [-0.05, 0) is 42.5 Å². The van der Waals surface area contributed by atoms with E-state index < -0.39 is 11.4 Å². The Labute approximate surface area is 163 Å². The Morgan fingerprint density at radius 1 is 1.18 bits per heavy atom. The highest BCUT2D eigenvalue weighted by Gasteiger charge is 2.55. The minimum Gasteiger partial charge on any atom is -0.507 e. The third-order valence-electron chi connectivity index (χ3n) is 6.03. The molecule has 0 aromatic heterocycles. The standard InChI is InChI=1S/C22H23NO5/c24-19-9-8-17(28-13-15-5-2-1-3-6-15)11-18(19)20(25)23-12-16-7-4-10-22(16,14-23)21(26)27/h1-3,5-6,8-9,11,16,24H,4,7,10,12-14H2,(H,26,27)/t16-,22+/m0/s1. The highest BCUT2D eigenvalue weighted by molar-refractivity contribution is 5.98. The van der Waals surface area contributed by atoms with Crippen molar-refractivity contribution >= 4 is 11.9 Å². The van der Waals surface area contributed by atoms with Gasteiger partial charge in [0.25, 0.3) is 5.91 Å². The fraction of sp³-hybridized carbons (Fsp3) is 0.364. The van der Waals surface area contributed by atoms with Gasteiger partial charge in [0, 0.05) is 13.1 Å². The summed E-state index contributed by atoms with van der Waals surface area (Å²) < 4.78 is 5.76. The van der Waals surface area contributed by atoms with Crippen molar-refractivity contribution in [1.82, 2.24) is 4.90 Å². The third kappa shape index (κ3) is 3.19. The van der Waals surface area contributed by atoms with E-state index in [1.807, 2.05) is 30.3 Å². The van der Waals surface area contributed by atoms with Crippen LogP contribution in [0.15, 0.2) is 48.5 Å². The molecule has 1 saturated heterocycles. The van der Waals surface area contributed by atoms with Gasteiger partial charge in [-0.3, -0.25) is 9.59 Å². The van der Waals surface area contributed by atoms with Crippen LogP contribution < -0.4 is 4.74 Å². The van der Waals surface area contributed by atoms with Gasteiger partial charge in [-0.25, -0.2) is 0 Å². The average molecular weight is 381 g/mol. The van der Waals surface area contributed by atoms with E-state index in [2.05, 4.69) is 0 Å². The van der Waals surface area contributed by atoms with Gasteiger partial charge < -0.3 is 19.8 Å².